The van der Waals surface area contributed by atoms with Crippen LogP contribution in [0.2, 0.25) is 5.02 Å². The summed E-state index contributed by atoms with van der Waals surface area (Å²) in [6, 6.07) is 16.3. The number of nitrogens with one attached hydrogen (secondary N) is 1. The van der Waals surface area contributed by atoms with E-state index in [2.05, 4.69) is 5.43 Å². The first kappa shape index (κ1) is 15.3. The monoisotopic (exact) mass is 319 g/mol. The molecule has 2 aromatic carbocycles. The second-order valence-electron chi connectivity index (χ2n) is 4.35. The Hall–Kier alpha value is -2.11. The Morgan fingerprint density at radius 2 is 1.76 bits per heavy atom. The molecule has 21 heavy (non-hydrogen) atoms. The van der Waals surface area contributed by atoms with Gasteiger partial charge in [0.2, 0.25) is 5.91 Å². The molecule has 3 N–H and O–H groups in total. The van der Waals surface area contributed by atoms with Crippen molar-refractivity contribution in [1.29, 1.82) is 0 Å². The Bertz CT molecular complexity index is 631. The molecule has 6 heteroatoms. The van der Waals surface area contributed by atoms with Crippen molar-refractivity contribution in [2.24, 2.45) is 5.73 Å². The fourth-order valence-corrected chi connectivity index (χ4v) is 2.06. The van der Waals surface area contributed by atoms with Gasteiger partial charge in [-0.15, -0.1) is 0 Å². The summed E-state index contributed by atoms with van der Waals surface area (Å²) in [7, 11) is 0. The van der Waals surface area contributed by atoms with E-state index in [1.165, 1.54) is 5.01 Å². The van der Waals surface area contributed by atoms with E-state index < -0.39 is 0 Å². The molecule has 0 heterocycles. The third-order valence-corrected chi connectivity index (χ3v) is 3.18. The molecular weight excluding hydrogens is 306 g/mol. The third kappa shape index (κ3) is 4.44. The van der Waals surface area contributed by atoms with Crippen LogP contribution in [-0.2, 0) is 11.2 Å². The van der Waals surface area contributed by atoms with Gasteiger partial charge < -0.3 is 5.73 Å². The molecule has 1 amide bonds. The Labute approximate surface area is 133 Å². The lowest BCUT2D eigenvalue weighted by molar-refractivity contribution is -0.120. The minimum atomic E-state index is -0.205. The average Bonchev–Trinajstić information content (AvgIpc) is 2.47. The number of nitrogens with two attached hydrogens (primary N) is 1. The number of rotatable bonds is 3. The van der Waals surface area contributed by atoms with E-state index in [1.54, 1.807) is 24.3 Å². The molecule has 0 aromatic heterocycles. The number of hydrogen-bond donors (Lipinski definition) is 2. The minimum absolute atomic E-state index is 0.0544. The number of amides is 1. The van der Waals surface area contributed by atoms with Crippen LogP contribution in [0.5, 0.6) is 0 Å². The van der Waals surface area contributed by atoms with Crippen LogP contribution in [0.25, 0.3) is 0 Å². The van der Waals surface area contributed by atoms with Crippen LogP contribution in [-0.4, -0.2) is 11.0 Å². The van der Waals surface area contributed by atoms with Gasteiger partial charge in [0, 0.05) is 5.02 Å². The lowest BCUT2D eigenvalue weighted by Crippen LogP contribution is -2.49. The molecular formula is C15H14ClN3OS. The Balaban J connectivity index is 2.08. The maximum Gasteiger partial charge on any atom is 0.243 e. The highest BCUT2D eigenvalue weighted by atomic mass is 35.5. The summed E-state index contributed by atoms with van der Waals surface area (Å²) < 4.78 is 0. The molecule has 2 rings (SSSR count). The van der Waals surface area contributed by atoms with Crippen molar-refractivity contribution in [3.8, 4) is 0 Å². The van der Waals surface area contributed by atoms with Gasteiger partial charge in [-0.05, 0) is 42.0 Å². The zero-order valence-corrected chi connectivity index (χ0v) is 12.7. The van der Waals surface area contributed by atoms with Crippen LogP contribution in [0.15, 0.2) is 54.6 Å². The molecule has 108 valence electrons. The van der Waals surface area contributed by atoms with Gasteiger partial charge in [0.15, 0.2) is 5.11 Å². The van der Waals surface area contributed by atoms with Gasteiger partial charge in [0.25, 0.3) is 0 Å². The molecule has 2 aromatic rings. The predicted octanol–water partition coefficient (Wildman–Crippen LogP) is 2.66. The highest BCUT2D eigenvalue weighted by Gasteiger charge is 2.13. The second kappa shape index (κ2) is 7.06. The molecule has 0 radical (unpaired) electrons. The summed E-state index contributed by atoms with van der Waals surface area (Å²) in [4.78, 5) is 12.1. The van der Waals surface area contributed by atoms with Crippen LogP contribution in [0.4, 0.5) is 5.69 Å². The quantitative estimate of drug-likeness (QED) is 0.674. The molecule has 0 atom stereocenters. The van der Waals surface area contributed by atoms with Crippen molar-refractivity contribution in [3.05, 3.63) is 65.2 Å². The maximum atomic E-state index is 12.1. The van der Waals surface area contributed by atoms with Crippen LogP contribution in [0, 0.1) is 0 Å². The molecule has 4 nitrogen and oxygen atoms in total. The molecule has 0 bridgehead atoms. The highest BCUT2D eigenvalue weighted by molar-refractivity contribution is 7.80. The van der Waals surface area contributed by atoms with E-state index in [9.17, 15) is 4.79 Å². The van der Waals surface area contributed by atoms with E-state index in [0.717, 1.165) is 5.56 Å². The summed E-state index contributed by atoms with van der Waals surface area (Å²) in [5.41, 5.74) is 9.90. The van der Waals surface area contributed by atoms with Crippen molar-refractivity contribution in [2.45, 2.75) is 6.42 Å². The molecule has 0 saturated heterocycles. The van der Waals surface area contributed by atoms with Gasteiger partial charge in [0.05, 0.1) is 12.1 Å². The zero-order chi connectivity index (χ0) is 15.2. The number of benzene rings is 2. The van der Waals surface area contributed by atoms with Crippen molar-refractivity contribution >= 4 is 40.5 Å². The first-order valence-electron chi connectivity index (χ1n) is 6.25. The van der Waals surface area contributed by atoms with E-state index in [4.69, 9.17) is 29.6 Å². The lowest BCUT2D eigenvalue weighted by atomic mass is 10.1. The van der Waals surface area contributed by atoms with Gasteiger partial charge >= 0.3 is 0 Å². The number of carbonyl (C=O) groups is 1. The number of hydrazine groups is 1. The molecule has 0 aliphatic carbocycles. The summed E-state index contributed by atoms with van der Waals surface area (Å²) in [5.74, 6) is -0.205. The predicted molar refractivity (Wildman–Crippen MR) is 89.0 cm³/mol. The van der Waals surface area contributed by atoms with Crippen LogP contribution in [0.1, 0.15) is 5.56 Å². The van der Waals surface area contributed by atoms with Crippen LogP contribution >= 0.6 is 23.8 Å². The third-order valence-electron chi connectivity index (χ3n) is 2.75. The average molecular weight is 320 g/mol. The van der Waals surface area contributed by atoms with Gasteiger partial charge in [0.1, 0.15) is 0 Å². The number of thiocarbonyl (C=S) groups is 1. The van der Waals surface area contributed by atoms with Crippen molar-refractivity contribution < 1.29 is 4.79 Å². The molecule has 0 unspecified atom stereocenters. The van der Waals surface area contributed by atoms with Gasteiger partial charge in [-0.1, -0.05) is 41.9 Å². The Kier molecular flexibility index (Phi) is 5.14. The SMILES string of the molecule is NC(=S)N(NC(=O)Cc1ccccc1)c1ccc(Cl)cc1. The number of anilines is 1. The number of hydrogen-bond acceptors (Lipinski definition) is 2. The minimum Gasteiger partial charge on any atom is -0.374 e. The first-order chi connectivity index (χ1) is 10.1. The first-order valence-corrected chi connectivity index (χ1v) is 7.03. The van der Waals surface area contributed by atoms with Crippen LogP contribution < -0.4 is 16.2 Å². The van der Waals surface area contributed by atoms with Gasteiger partial charge in [-0.3, -0.25) is 10.2 Å². The summed E-state index contributed by atoms with van der Waals surface area (Å²) in [6.45, 7) is 0. The molecule has 0 spiro atoms. The summed E-state index contributed by atoms with van der Waals surface area (Å²) in [6.07, 6.45) is 0.244. The largest absolute Gasteiger partial charge is 0.374 e. The highest BCUT2D eigenvalue weighted by Crippen LogP contribution is 2.16. The second-order valence-corrected chi connectivity index (χ2v) is 5.20. The zero-order valence-electron chi connectivity index (χ0n) is 11.1. The van der Waals surface area contributed by atoms with Gasteiger partial charge in [-0.2, -0.15) is 0 Å². The molecule has 0 fully saturated rings. The molecule has 0 aliphatic rings. The number of nitrogens with zero attached hydrogens (tertiary/aromatic N) is 1. The standard InChI is InChI=1S/C15H14ClN3OS/c16-12-6-8-13(9-7-12)19(15(17)21)18-14(20)10-11-4-2-1-3-5-11/h1-9H,10H2,(H2,17,21)(H,18,20). The van der Waals surface area contributed by atoms with Crippen LogP contribution in [0.3, 0.4) is 0 Å². The lowest BCUT2D eigenvalue weighted by Gasteiger charge is -2.23. The smallest absolute Gasteiger partial charge is 0.243 e. The van der Waals surface area contributed by atoms with E-state index >= 15 is 0 Å². The fraction of sp³-hybridized carbons (Fsp3) is 0.0667. The maximum absolute atomic E-state index is 12.1. The van der Waals surface area contributed by atoms with E-state index in [1.807, 2.05) is 30.3 Å². The number of carbonyl (C=O) groups excluding carboxylic acids is 1. The van der Waals surface area contributed by atoms with E-state index in [0.29, 0.717) is 10.7 Å². The van der Waals surface area contributed by atoms with Crippen molar-refractivity contribution in [2.75, 3.05) is 5.01 Å². The normalized spacial score (nSPS) is 9.95. The van der Waals surface area contributed by atoms with E-state index in [-0.39, 0.29) is 17.4 Å². The Morgan fingerprint density at radius 1 is 1.14 bits per heavy atom. The van der Waals surface area contributed by atoms with Crippen molar-refractivity contribution in [3.63, 3.8) is 0 Å². The van der Waals surface area contributed by atoms with Gasteiger partial charge in [-0.25, -0.2) is 5.01 Å². The molecule has 0 saturated carbocycles. The molecule has 0 aliphatic heterocycles. The summed E-state index contributed by atoms with van der Waals surface area (Å²) >= 11 is 10.8. The summed E-state index contributed by atoms with van der Waals surface area (Å²) in [5, 5.41) is 2.01. The van der Waals surface area contributed by atoms with Crippen molar-refractivity contribution in [1.82, 2.24) is 5.43 Å². The number of halogens is 1. The topological polar surface area (TPSA) is 58.4 Å². The Morgan fingerprint density at radius 3 is 2.33 bits per heavy atom. The fourth-order valence-electron chi connectivity index (χ4n) is 1.78.